The van der Waals surface area contributed by atoms with Crippen molar-refractivity contribution in [2.45, 2.75) is 0 Å². The zero-order valence-electron chi connectivity index (χ0n) is 10.8. The molecule has 1 aromatic heterocycles. The highest BCUT2D eigenvalue weighted by molar-refractivity contribution is 6.16. The second-order valence-corrected chi connectivity index (χ2v) is 4.04. The van der Waals surface area contributed by atoms with E-state index in [1.807, 2.05) is 41.2 Å². The van der Waals surface area contributed by atoms with Crippen molar-refractivity contribution in [2.24, 2.45) is 0 Å². The van der Waals surface area contributed by atoms with Gasteiger partial charge in [-0.05, 0) is 35.9 Å². The fourth-order valence-electron chi connectivity index (χ4n) is 1.73. The topological polar surface area (TPSA) is 68.5 Å². The van der Waals surface area contributed by atoms with Crippen molar-refractivity contribution >= 4 is 18.0 Å². The van der Waals surface area contributed by atoms with E-state index in [9.17, 15) is 9.59 Å². The van der Waals surface area contributed by atoms with Crippen LogP contribution in [0.4, 0.5) is 0 Å². The van der Waals surface area contributed by atoms with Crippen molar-refractivity contribution in [1.29, 1.82) is 0 Å². The summed E-state index contributed by atoms with van der Waals surface area (Å²) in [7, 11) is 1.15. The number of aliphatic carboxylic acids is 1. The predicted molar refractivity (Wildman–Crippen MR) is 73.4 cm³/mol. The molecule has 0 bridgehead atoms. The second-order valence-electron chi connectivity index (χ2n) is 4.04. The molecule has 1 aromatic carbocycles. The zero-order chi connectivity index (χ0) is 14.5. The van der Waals surface area contributed by atoms with E-state index in [2.05, 4.69) is 4.74 Å². The van der Waals surface area contributed by atoms with Crippen LogP contribution in [-0.2, 0) is 14.3 Å². The third-order valence-electron chi connectivity index (χ3n) is 2.74. The molecule has 0 saturated heterocycles. The van der Waals surface area contributed by atoms with E-state index in [0.29, 0.717) is 5.56 Å². The minimum atomic E-state index is -1.31. The van der Waals surface area contributed by atoms with Crippen molar-refractivity contribution in [3.05, 3.63) is 59.9 Å². The summed E-state index contributed by atoms with van der Waals surface area (Å²) in [6.45, 7) is 0. The highest BCUT2D eigenvalue weighted by Gasteiger charge is 2.17. The summed E-state index contributed by atoms with van der Waals surface area (Å²) >= 11 is 0. The summed E-state index contributed by atoms with van der Waals surface area (Å²) in [5.41, 5.74) is 1.16. The molecule has 102 valence electrons. The highest BCUT2D eigenvalue weighted by atomic mass is 16.5. The Hall–Kier alpha value is -2.82. The van der Waals surface area contributed by atoms with Gasteiger partial charge in [-0.25, -0.2) is 9.59 Å². The number of methoxy groups -OCH3 is 1. The van der Waals surface area contributed by atoms with Gasteiger partial charge in [0.15, 0.2) is 0 Å². The lowest BCUT2D eigenvalue weighted by Gasteiger charge is -2.04. The normalized spacial score (nSPS) is 11.2. The van der Waals surface area contributed by atoms with Gasteiger partial charge in [0.2, 0.25) is 0 Å². The number of hydrogen-bond acceptors (Lipinski definition) is 3. The predicted octanol–water partition coefficient (Wildman–Crippen LogP) is 2.12. The molecule has 0 spiro atoms. The number of aromatic nitrogens is 1. The van der Waals surface area contributed by atoms with E-state index >= 15 is 0 Å². The number of carbonyl (C=O) groups is 2. The van der Waals surface area contributed by atoms with Gasteiger partial charge in [0.25, 0.3) is 0 Å². The fraction of sp³-hybridized carbons (Fsp3) is 0.0667. The molecule has 1 N–H and O–H groups in total. The molecule has 0 aliphatic carbocycles. The van der Waals surface area contributed by atoms with Crippen LogP contribution in [0.2, 0.25) is 0 Å². The molecule has 0 radical (unpaired) electrons. The van der Waals surface area contributed by atoms with Crippen LogP contribution in [0.15, 0.2) is 54.4 Å². The summed E-state index contributed by atoms with van der Waals surface area (Å²) in [5.74, 6) is -2.18. The number of benzene rings is 1. The van der Waals surface area contributed by atoms with Crippen LogP contribution in [0.1, 0.15) is 5.56 Å². The van der Waals surface area contributed by atoms with Crippen LogP contribution in [0.25, 0.3) is 11.8 Å². The third-order valence-corrected chi connectivity index (χ3v) is 2.74. The fourth-order valence-corrected chi connectivity index (χ4v) is 1.73. The van der Waals surface area contributed by atoms with Gasteiger partial charge < -0.3 is 14.4 Å². The molecule has 0 saturated carbocycles. The van der Waals surface area contributed by atoms with Crippen LogP contribution >= 0.6 is 0 Å². The van der Waals surface area contributed by atoms with E-state index in [1.54, 1.807) is 12.1 Å². The van der Waals surface area contributed by atoms with Gasteiger partial charge in [-0.3, -0.25) is 0 Å². The molecule has 5 nitrogen and oxygen atoms in total. The molecular formula is C15H13NO4. The summed E-state index contributed by atoms with van der Waals surface area (Å²) in [6.07, 6.45) is 5.09. The van der Waals surface area contributed by atoms with Gasteiger partial charge in [-0.1, -0.05) is 12.1 Å². The monoisotopic (exact) mass is 271 g/mol. The molecule has 1 heterocycles. The molecule has 20 heavy (non-hydrogen) atoms. The minimum absolute atomic E-state index is 0.402. The molecule has 0 amide bonds. The van der Waals surface area contributed by atoms with Gasteiger partial charge in [-0.2, -0.15) is 0 Å². The first-order valence-electron chi connectivity index (χ1n) is 5.88. The standard InChI is InChI=1S/C15H13NO4/c1-20-15(19)13(14(17)18)10-11-4-6-12(7-5-11)16-8-2-3-9-16/h2-10H,1H3,(H,17,18)/b13-10-. The number of hydrogen-bond donors (Lipinski definition) is 1. The maximum atomic E-state index is 11.3. The van der Waals surface area contributed by atoms with Gasteiger partial charge in [-0.15, -0.1) is 0 Å². The maximum absolute atomic E-state index is 11.3. The van der Waals surface area contributed by atoms with Crippen LogP contribution < -0.4 is 0 Å². The van der Waals surface area contributed by atoms with E-state index in [4.69, 9.17) is 5.11 Å². The summed E-state index contributed by atoms with van der Waals surface area (Å²) < 4.78 is 6.36. The second kappa shape index (κ2) is 5.88. The van der Waals surface area contributed by atoms with Crippen molar-refractivity contribution in [3.63, 3.8) is 0 Å². The first kappa shape index (κ1) is 13.6. The Balaban J connectivity index is 2.29. The Labute approximate surface area is 115 Å². The number of nitrogens with zero attached hydrogens (tertiary/aromatic N) is 1. The Morgan fingerprint density at radius 3 is 2.25 bits per heavy atom. The Morgan fingerprint density at radius 1 is 1.15 bits per heavy atom. The van der Waals surface area contributed by atoms with Gasteiger partial charge in [0, 0.05) is 18.1 Å². The van der Waals surface area contributed by atoms with Crippen molar-refractivity contribution in [1.82, 2.24) is 4.57 Å². The number of esters is 1. The van der Waals surface area contributed by atoms with Crippen LogP contribution in [-0.4, -0.2) is 28.7 Å². The van der Waals surface area contributed by atoms with Crippen molar-refractivity contribution in [3.8, 4) is 5.69 Å². The quantitative estimate of drug-likeness (QED) is 0.400. The zero-order valence-corrected chi connectivity index (χ0v) is 10.8. The first-order chi connectivity index (χ1) is 9.61. The van der Waals surface area contributed by atoms with E-state index in [-0.39, 0.29) is 0 Å². The lowest BCUT2D eigenvalue weighted by molar-refractivity contribution is -0.142. The highest BCUT2D eigenvalue weighted by Crippen LogP contribution is 2.13. The Kier molecular flexibility index (Phi) is 4.00. The van der Waals surface area contributed by atoms with Gasteiger partial charge in [0.05, 0.1) is 7.11 Å². The number of carboxylic acid groups (broad SMARTS) is 1. The first-order valence-corrected chi connectivity index (χ1v) is 5.88. The summed E-state index contributed by atoms with van der Waals surface area (Å²) in [5, 5.41) is 8.97. The molecular weight excluding hydrogens is 258 g/mol. The number of carbonyl (C=O) groups excluding carboxylic acids is 1. The largest absolute Gasteiger partial charge is 0.477 e. The molecule has 0 aliphatic heterocycles. The average Bonchev–Trinajstić information content (AvgIpc) is 2.98. The van der Waals surface area contributed by atoms with E-state index in [0.717, 1.165) is 12.8 Å². The molecule has 0 unspecified atom stereocenters. The van der Waals surface area contributed by atoms with Crippen molar-refractivity contribution < 1.29 is 19.4 Å². The summed E-state index contributed by atoms with van der Waals surface area (Å²) in [6, 6.07) is 11.0. The molecule has 0 fully saturated rings. The van der Waals surface area contributed by atoms with E-state index in [1.165, 1.54) is 6.08 Å². The van der Waals surface area contributed by atoms with E-state index < -0.39 is 17.5 Å². The molecule has 0 atom stereocenters. The lowest BCUT2D eigenvalue weighted by Crippen LogP contribution is -2.13. The van der Waals surface area contributed by atoms with Crippen LogP contribution in [0.5, 0.6) is 0 Å². The van der Waals surface area contributed by atoms with Crippen molar-refractivity contribution in [2.75, 3.05) is 7.11 Å². The maximum Gasteiger partial charge on any atom is 0.345 e. The SMILES string of the molecule is COC(=O)/C(=C\c1ccc(-n2cccc2)cc1)C(=O)O. The molecule has 0 aliphatic rings. The van der Waals surface area contributed by atoms with Crippen LogP contribution in [0.3, 0.4) is 0 Å². The Bertz CT molecular complexity index is 639. The minimum Gasteiger partial charge on any atom is -0.477 e. The summed E-state index contributed by atoms with van der Waals surface area (Å²) in [4.78, 5) is 22.3. The Morgan fingerprint density at radius 2 is 1.75 bits per heavy atom. The molecule has 2 aromatic rings. The lowest BCUT2D eigenvalue weighted by atomic mass is 10.1. The number of ether oxygens (including phenoxy) is 1. The van der Waals surface area contributed by atoms with Gasteiger partial charge >= 0.3 is 11.9 Å². The molecule has 2 rings (SSSR count). The number of rotatable bonds is 4. The number of carboxylic acids is 1. The average molecular weight is 271 g/mol. The third kappa shape index (κ3) is 2.95. The van der Waals surface area contributed by atoms with Gasteiger partial charge in [0.1, 0.15) is 5.57 Å². The smallest absolute Gasteiger partial charge is 0.345 e. The van der Waals surface area contributed by atoms with Crippen LogP contribution in [0, 0.1) is 0 Å². The molecule has 5 heteroatoms.